The summed E-state index contributed by atoms with van der Waals surface area (Å²) in [5, 5.41) is 2.06. The van der Waals surface area contributed by atoms with E-state index in [0.717, 1.165) is 27.5 Å². The van der Waals surface area contributed by atoms with Crippen molar-refractivity contribution in [2.75, 3.05) is 26.5 Å². The van der Waals surface area contributed by atoms with Crippen molar-refractivity contribution in [1.82, 2.24) is 4.90 Å². The van der Waals surface area contributed by atoms with Crippen molar-refractivity contribution in [2.24, 2.45) is 0 Å². The molecule has 1 aromatic heterocycles. The first-order valence-electron chi connectivity index (χ1n) is 9.46. The third kappa shape index (κ3) is 4.14. The molecule has 3 aromatic rings. The van der Waals surface area contributed by atoms with Crippen molar-refractivity contribution >= 4 is 29.0 Å². The van der Waals surface area contributed by atoms with Gasteiger partial charge in [0.1, 0.15) is 0 Å². The molecule has 0 aliphatic carbocycles. The molecular weight excluding hydrogens is 402 g/mol. The molecule has 0 unspecified atom stereocenters. The van der Waals surface area contributed by atoms with Crippen molar-refractivity contribution in [1.29, 1.82) is 0 Å². The summed E-state index contributed by atoms with van der Waals surface area (Å²) in [6.45, 7) is 0.694. The van der Waals surface area contributed by atoms with Gasteiger partial charge in [-0.15, -0.1) is 23.1 Å². The van der Waals surface area contributed by atoms with Gasteiger partial charge >= 0.3 is 0 Å². The molecule has 0 fully saturated rings. The Bertz CT molecular complexity index is 973. The van der Waals surface area contributed by atoms with Crippen molar-refractivity contribution in [3.8, 4) is 11.5 Å². The summed E-state index contributed by atoms with van der Waals surface area (Å²) in [5.41, 5.74) is 2.33. The minimum atomic E-state index is -0.0950. The molecule has 0 saturated heterocycles. The fraction of sp³-hybridized carbons (Fsp3) is 0.261. The lowest BCUT2D eigenvalue weighted by molar-refractivity contribution is -0.130. The first kappa shape index (κ1) is 19.9. The van der Waals surface area contributed by atoms with E-state index in [9.17, 15) is 4.79 Å². The third-order valence-electron chi connectivity index (χ3n) is 5.11. The standard InChI is InChI=1S/C23H23NO3S2/c1-26-19-13-16-10-11-24(22(25)15-29-17-7-4-3-5-8-17)23(21-9-6-12-28-21)18(16)14-20(19)27-2/h3-9,12-14,23H,10-11,15H2,1-2H3/t23-/m0/s1. The molecule has 1 atom stereocenters. The van der Waals surface area contributed by atoms with Gasteiger partial charge in [0.05, 0.1) is 26.0 Å². The number of carbonyl (C=O) groups excluding carboxylic acids is 1. The van der Waals surface area contributed by atoms with Gasteiger partial charge in [0.2, 0.25) is 5.91 Å². The Hall–Kier alpha value is -2.44. The minimum absolute atomic E-state index is 0.0950. The Balaban J connectivity index is 1.65. The lowest BCUT2D eigenvalue weighted by Gasteiger charge is -2.37. The maximum atomic E-state index is 13.2. The average molecular weight is 426 g/mol. The molecule has 0 N–H and O–H groups in total. The van der Waals surface area contributed by atoms with Crippen LogP contribution in [0.2, 0.25) is 0 Å². The number of carbonyl (C=O) groups is 1. The van der Waals surface area contributed by atoms with E-state index in [2.05, 4.69) is 17.5 Å². The summed E-state index contributed by atoms with van der Waals surface area (Å²) in [7, 11) is 3.30. The number of fused-ring (bicyclic) bond motifs is 1. The van der Waals surface area contributed by atoms with E-state index < -0.39 is 0 Å². The van der Waals surface area contributed by atoms with Crippen molar-refractivity contribution in [3.05, 3.63) is 76.0 Å². The molecule has 1 aliphatic rings. The Kier molecular flexibility index (Phi) is 6.11. The maximum absolute atomic E-state index is 13.2. The Morgan fingerprint density at radius 1 is 1.10 bits per heavy atom. The predicted octanol–water partition coefficient (Wildman–Crippen LogP) is 5.03. The number of benzene rings is 2. The van der Waals surface area contributed by atoms with Crippen LogP contribution in [0.5, 0.6) is 11.5 Å². The molecule has 0 radical (unpaired) electrons. The van der Waals surface area contributed by atoms with Gasteiger partial charge in [-0.2, -0.15) is 0 Å². The lowest BCUT2D eigenvalue weighted by atomic mass is 9.91. The Labute approximate surface area is 179 Å². The number of amides is 1. The second-order valence-electron chi connectivity index (χ2n) is 6.76. The molecule has 2 aromatic carbocycles. The highest BCUT2D eigenvalue weighted by atomic mass is 32.2. The molecule has 2 heterocycles. The second kappa shape index (κ2) is 8.93. The van der Waals surface area contributed by atoms with E-state index in [1.165, 1.54) is 5.56 Å². The number of nitrogens with zero attached hydrogens (tertiary/aromatic N) is 1. The van der Waals surface area contributed by atoms with Gasteiger partial charge in [-0.3, -0.25) is 4.79 Å². The maximum Gasteiger partial charge on any atom is 0.233 e. The van der Waals surface area contributed by atoms with Gasteiger partial charge in [0, 0.05) is 16.3 Å². The molecule has 29 heavy (non-hydrogen) atoms. The van der Waals surface area contributed by atoms with Crippen LogP contribution in [0.15, 0.2) is 64.9 Å². The highest BCUT2D eigenvalue weighted by Crippen LogP contribution is 2.42. The molecule has 1 aliphatic heterocycles. The van der Waals surface area contributed by atoms with Gasteiger partial charge < -0.3 is 14.4 Å². The van der Waals surface area contributed by atoms with Crippen LogP contribution >= 0.6 is 23.1 Å². The molecule has 0 spiro atoms. The normalized spacial score (nSPS) is 15.7. The van der Waals surface area contributed by atoms with Crippen LogP contribution in [0.1, 0.15) is 22.0 Å². The first-order valence-corrected chi connectivity index (χ1v) is 11.3. The summed E-state index contributed by atoms with van der Waals surface area (Å²) < 4.78 is 11.0. The zero-order chi connectivity index (χ0) is 20.2. The SMILES string of the molecule is COc1cc2c(cc1OC)[C@@H](c1cccs1)N(C(=O)CSc1ccccc1)CC2. The van der Waals surface area contributed by atoms with Gasteiger partial charge in [-0.05, 0) is 53.3 Å². The van der Waals surface area contributed by atoms with Crippen LogP contribution in [0, 0.1) is 0 Å². The first-order chi connectivity index (χ1) is 14.2. The topological polar surface area (TPSA) is 38.8 Å². The van der Waals surface area contributed by atoms with Gasteiger partial charge in [0.15, 0.2) is 11.5 Å². The summed E-state index contributed by atoms with van der Waals surface area (Å²) >= 11 is 3.26. The van der Waals surface area contributed by atoms with E-state index in [0.29, 0.717) is 18.0 Å². The van der Waals surface area contributed by atoms with Gasteiger partial charge in [-0.25, -0.2) is 0 Å². The van der Waals surface area contributed by atoms with Crippen molar-refractivity contribution in [2.45, 2.75) is 17.4 Å². The van der Waals surface area contributed by atoms with E-state index in [-0.39, 0.29) is 11.9 Å². The number of hydrogen-bond donors (Lipinski definition) is 0. The third-order valence-corrected chi connectivity index (χ3v) is 7.03. The minimum Gasteiger partial charge on any atom is -0.493 e. The van der Waals surface area contributed by atoms with Crippen LogP contribution in [0.3, 0.4) is 0 Å². The van der Waals surface area contributed by atoms with E-state index in [1.807, 2.05) is 47.4 Å². The number of methoxy groups -OCH3 is 2. The molecular formula is C23H23NO3S2. The molecule has 150 valence electrons. The van der Waals surface area contributed by atoms with E-state index >= 15 is 0 Å². The highest BCUT2D eigenvalue weighted by molar-refractivity contribution is 8.00. The van der Waals surface area contributed by atoms with Crippen LogP contribution in [0.25, 0.3) is 0 Å². The largest absolute Gasteiger partial charge is 0.493 e. The zero-order valence-corrected chi connectivity index (χ0v) is 18.1. The van der Waals surface area contributed by atoms with Crippen LogP contribution in [0.4, 0.5) is 0 Å². The molecule has 6 heteroatoms. The number of thioether (sulfide) groups is 1. The van der Waals surface area contributed by atoms with E-state index in [4.69, 9.17) is 9.47 Å². The van der Waals surface area contributed by atoms with Crippen molar-refractivity contribution < 1.29 is 14.3 Å². The number of thiophene rings is 1. The highest BCUT2D eigenvalue weighted by Gasteiger charge is 2.33. The molecule has 1 amide bonds. The van der Waals surface area contributed by atoms with Gasteiger partial charge in [0.25, 0.3) is 0 Å². The lowest BCUT2D eigenvalue weighted by Crippen LogP contribution is -2.41. The fourth-order valence-corrected chi connectivity index (χ4v) is 5.37. The van der Waals surface area contributed by atoms with Gasteiger partial charge in [-0.1, -0.05) is 24.3 Å². The summed E-state index contributed by atoms with van der Waals surface area (Å²) in [5.74, 6) is 2.00. The Morgan fingerprint density at radius 2 is 1.86 bits per heavy atom. The number of ether oxygens (including phenoxy) is 2. The monoisotopic (exact) mass is 425 g/mol. The molecule has 4 nitrogen and oxygen atoms in total. The van der Waals surface area contributed by atoms with Crippen LogP contribution in [-0.2, 0) is 11.2 Å². The molecule has 4 rings (SSSR count). The second-order valence-corrected chi connectivity index (χ2v) is 8.79. The fourth-order valence-electron chi connectivity index (χ4n) is 3.71. The number of rotatable bonds is 6. The summed E-state index contributed by atoms with van der Waals surface area (Å²) in [6.07, 6.45) is 0.805. The average Bonchev–Trinajstić information content (AvgIpc) is 3.30. The Morgan fingerprint density at radius 3 is 2.55 bits per heavy atom. The zero-order valence-electron chi connectivity index (χ0n) is 16.5. The predicted molar refractivity (Wildman–Crippen MR) is 118 cm³/mol. The summed E-state index contributed by atoms with van der Waals surface area (Å²) in [4.78, 5) is 17.5. The van der Waals surface area contributed by atoms with Crippen molar-refractivity contribution in [3.63, 3.8) is 0 Å². The molecule has 0 bridgehead atoms. The number of hydrogen-bond acceptors (Lipinski definition) is 5. The van der Waals surface area contributed by atoms with E-state index in [1.54, 1.807) is 37.3 Å². The quantitative estimate of drug-likeness (QED) is 0.519. The smallest absolute Gasteiger partial charge is 0.233 e. The molecule has 0 saturated carbocycles. The van der Waals surface area contributed by atoms with Crippen LogP contribution in [-0.4, -0.2) is 37.3 Å². The van der Waals surface area contributed by atoms with Crippen LogP contribution < -0.4 is 9.47 Å². The summed E-state index contributed by atoms with van der Waals surface area (Å²) in [6, 6.07) is 18.2.